The maximum absolute atomic E-state index is 13.2. The number of fused-ring (bicyclic) bond motifs is 1. The standard InChI is InChI=1S/C23H16ClN5O4S/c24-18-11-10-15(12-20(18)29(32)33)13-25-27-21(30)14-34-23-26-19-9-5-4-8-17(19)22(31)28(23)16-6-2-1-3-7-16/h1-13H,14H2,(H,27,30)/b25-13-. The molecule has 1 heterocycles. The lowest BCUT2D eigenvalue weighted by molar-refractivity contribution is -0.384. The van der Waals surface area contributed by atoms with Crippen LogP contribution in [0.25, 0.3) is 16.6 Å². The van der Waals surface area contributed by atoms with Crippen molar-refractivity contribution in [1.82, 2.24) is 15.0 Å². The van der Waals surface area contributed by atoms with Crippen LogP contribution in [0.2, 0.25) is 5.02 Å². The van der Waals surface area contributed by atoms with E-state index in [0.717, 1.165) is 11.8 Å². The number of para-hydroxylation sites is 2. The first-order valence-corrected chi connectivity index (χ1v) is 11.3. The number of carbonyl (C=O) groups is 1. The fourth-order valence-electron chi connectivity index (χ4n) is 3.11. The van der Waals surface area contributed by atoms with Gasteiger partial charge in [-0.15, -0.1) is 0 Å². The maximum Gasteiger partial charge on any atom is 0.288 e. The number of halogens is 1. The molecule has 0 saturated heterocycles. The van der Waals surface area contributed by atoms with Crippen molar-refractivity contribution in [3.8, 4) is 5.69 Å². The summed E-state index contributed by atoms with van der Waals surface area (Å²) in [6, 6.07) is 20.2. The second-order valence-corrected chi connectivity index (χ2v) is 8.29. The Labute approximate surface area is 202 Å². The predicted molar refractivity (Wildman–Crippen MR) is 132 cm³/mol. The van der Waals surface area contributed by atoms with Crippen molar-refractivity contribution in [1.29, 1.82) is 0 Å². The molecule has 0 aliphatic carbocycles. The summed E-state index contributed by atoms with van der Waals surface area (Å²) in [6.45, 7) is 0. The highest BCUT2D eigenvalue weighted by Crippen LogP contribution is 2.24. The smallest absolute Gasteiger partial charge is 0.272 e. The van der Waals surface area contributed by atoms with E-state index in [-0.39, 0.29) is 22.0 Å². The third kappa shape index (κ3) is 5.13. The van der Waals surface area contributed by atoms with Gasteiger partial charge in [0, 0.05) is 11.6 Å². The average molecular weight is 494 g/mol. The highest BCUT2D eigenvalue weighted by Gasteiger charge is 2.15. The van der Waals surface area contributed by atoms with Crippen LogP contribution in [-0.2, 0) is 4.79 Å². The van der Waals surface area contributed by atoms with Crippen molar-refractivity contribution in [3.05, 3.63) is 104 Å². The summed E-state index contributed by atoms with van der Waals surface area (Å²) in [5.41, 5.74) is 3.45. The largest absolute Gasteiger partial charge is 0.288 e. The van der Waals surface area contributed by atoms with Gasteiger partial charge in [-0.05, 0) is 30.3 Å². The van der Waals surface area contributed by atoms with Gasteiger partial charge in [-0.3, -0.25) is 24.3 Å². The summed E-state index contributed by atoms with van der Waals surface area (Å²) < 4.78 is 1.47. The molecule has 0 radical (unpaired) electrons. The summed E-state index contributed by atoms with van der Waals surface area (Å²) >= 11 is 6.88. The zero-order valence-corrected chi connectivity index (χ0v) is 19.0. The monoisotopic (exact) mass is 493 g/mol. The first-order valence-electron chi connectivity index (χ1n) is 9.90. The van der Waals surface area contributed by atoms with E-state index < -0.39 is 10.8 Å². The van der Waals surface area contributed by atoms with Crippen LogP contribution in [0.5, 0.6) is 0 Å². The van der Waals surface area contributed by atoms with Crippen molar-refractivity contribution in [2.24, 2.45) is 5.10 Å². The third-order valence-corrected chi connectivity index (χ3v) is 5.92. The van der Waals surface area contributed by atoms with Crippen LogP contribution in [0.1, 0.15) is 5.56 Å². The van der Waals surface area contributed by atoms with E-state index in [2.05, 4.69) is 15.5 Å². The molecule has 1 N–H and O–H groups in total. The number of nitro benzene ring substituents is 1. The van der Waals surface area contributed by atoms with Gasteiger partial charge in [0.15, 0.2) is 5.16 Å². The molecule has 0 spiro atoms. The van der Waals surface area contributed by atoms with E-state index in [1.807, 2.05) is 18.2 Å². The summed E-state index contributed by atoms with van der Waals surface area (Å²) in [7, 11) is 0. The molecule has 0 saturated carbocycles. The van der Waals surface area contributed by atoms with Crippen molar-refractivity contribution < 1.29 is 9.72 Å². The lowest BCUT2D eigenvalue weighted by Gasteiger charge is -2.12. The molecule has 0 fully saturated rings. The topological polar surface area (TPSA) is 119 Å². The van der Waals surface area contributed by atoms with Gasteiger partial charge in [0.05, 0.1) is 33.5 Å². The molecule has 34 heavy (non-hydrogen) atoms. The predicted octanol–water partition coefficient (Wildman–Crippen LogP) is 4.19. The number of nitro groups is 1. The van der Waals surface area contributed by atoms with Crippen molar-refractivity contribution in [2.75, 3.05) is 5.75 Å². The molecule has 3 aromatic carbocycles. The lowest BCUT2D eigenvalue weighted by atomic mass is 10.2. The van der Waals surface area contributed by atoms with Crippen LogP contribution in [0, 0.1) is 10.1 Å². The minimum Gasteiger partial charge on any atom is -0.272 e. The van der Waals surface area contributed by atoms with E-state index in [9.17, 15) is 19.7 Å². The number of benzene rings is 3. The Hall–Kier alpha value is -4.02. The minimum absolute atomic E-state index is 0.00920. The number of rotatable bonds is 7. The molecule has 4 aromatic rings. The highest BCUT2D eigenvalue weighted by atomic mass is 35.5. The Morgan fingerprint density at radius 2 is 1.88 bits per heavy atom. The molecule has 0 aliphatic rings. The Bertz CT molecular complexity index is 1470. The zero-order valence-electron chi connectivity index (χ0n) is 17.4. The first kappa shape index (κ1) is 23.1. The summed E-state index contributed by atoms with van der Waals surface area (Å²) in [6.07, 6.45) is 1.28. The Balaban J connectivity index is 1.52. The van der Waals surface area contributed by atoms with Crippen LogP contribution in [-0.4, -0.2) is 32.3 Å². The number of aromatic nitrogens is 2. The summed E-state index contributed by atoms with van der Waals surface area (Å²) in [5.74, 6) is -0.498. The Morgan fingerprint density at radius 3 is 2.65 bits per heavy atom. The molecule has 0 aliphatic heterocycles. The third-order valence-electron chi connectivity index (χ3n) is 4.66. The first-order chi connectivity index (χ1) is 16.4. The second kappa shape index (κ2) is 10.3. The fourth-order valence-corrected chi connectivity index (χ4v) is 4.10. The van der Waals surface area contributed by atoms with Gasteiger partial charge in [-0.25, -0.2) is 10.4 Å². The number of nitrogens with one attached hydrogen (secondary N) is 1. The van der Waals surface area contributed by atoms with E-state index in [4.69, 9.17) is 11.6 Å². The van der Waals surface area contributed by atoms with Crippen molar-refractivity contribution >= 4 is 52.1 Å². The highest BCUT2D eigenvalue weighted by molar-refractivity contribution is 7.99. The van der Waals surface area contributed by atoms with E-state index in [0.29, 0.717) is 27.3 Å². The number of nitrogens with zero attached hydrogens (tertiary/aromatic N) is 4. The molecule has 4 rings (SSSR count). The van der Waals surface area contributed by atoms with Crippen LogP contribution in [0.3, 0.4) is 0 Å². The van der Waals surface area contributed by atoms with Gasteiger partial charge >= 0.3 is 0 Å². The van der Waals surface area contributed by atoms with Gasteiger partial charge in [0.2, 0.25) is 0 Å². The molecule has 170 valence electrons. The molecular weight excluding hydrogens is 478 g/mol. The van der Waals surface area contributed by atoms with Gasteiger partial charge in [0.1, 0.15) is 5.02 Å². The Morgan fingerprint density at radius 1 is 1.15 bits per heavy atom. The average Bonchev–Trinajstić information content (AvgIpc) is 2.84. The van der Waals surface area contributed by atoms with Gasteiger partial charge < -0.3 is 0 Å². The number of carbonyl (C=O) groups excluding carboxylic acids is 1. The van der Waals surface area contributed by atoms with Gasteiger partial charge in [-0.1, -0.05) is 59.8 Å². The number of hydrogen-bond acceptors (Lipinski definition) is 7. The van der Waals surface area contributed by atoms with Crippen LogP contribution in [0.15, 0.2) is 87.8 Å². The number of amides is 1. The number of thioether (sulfide) groups is 1. The van der Waals surface area contributed by atoms with Crippen LogP contribution < -0.4 is 11.0 Å². The van der Waals surface area contributed by atoms with Crippen LogP contribution in [0.4, 0.5) is 5.69 Å². The summed E-state index contributed by atoms with van der Waals surface area (Å²) in [4.78, 5) is 40.5. The van der Waals surface area contributed by atoms with Gasteiger partial charge in [-0.2, -0.15) is 5.10 Å². The molecule has 11 heteroatoms. The minimum atomic E-state index is -0.599. The maximum atomic E-state index is 13.2. The molecular formula is C23H16ClN5O4S. The van der Waals surface area contributed by atoms with Crippen LogP contribution >= 0.6 is 23.4 Å². The SMILES string of the molecule is O=C(CSc1nc2ccccc2c(=O)n1-c1ccccc1)N/N=C\c1ccc(Cl)c([N+](=O)[O-])c1. The van der Waals surface area contributed by atoms with Gasteiger partial charge in [0.25, 0.3) is 17.2 Å². The number of hydrogen-bond donors (Lipinski definition) is 1. The van der Waals surface area contributed by atoms with E-state index >= 15 is 0 Å². The molecule has 0 bridgehead atoms. The summed E-state index contributed by atoms with van der Waals surface area (Å²) in [5, 5.41) is 15.7. The van der Waals surface area contributed by atoms with E-state index in [1.165, 1.54) is 29.0 Å². The fraction of sp³-hybridized carbons (Fsp3) is 0.0435. The second-order valence-electron chi connectivity index (χ2n) is 6.94. The molecule has 9 nitrogen and oxygen atoms in total. The zero-order chi connectivity index (χ0) is 24.1. The molecule has 1 aromatic heterocycles. The van der Waals surface area contributed by atoms with Crippen molar-refractivity contribution in [3.63, 3.8) is 0 Å². The molecule has 1 amide bonds. The molecule has 0 unspecified atom stereocenters. The number of hydrazone groups is 1. The Kier molecular flexibility index (Phi) is 7.00. The quantitative estimate of drug-likeness (QED) is 0.135. The van der Waals surface area contributed by atoms with E-state index in [1.54, 1.807) is 36.4 Å². The normalized spacial score (nSPS) is 11.1. The van der Waals surface area contributed by atoms with Crippen molar-refractivity contribution in [2.45, 2.75) is 5.16 Å². The lowest BCUT2D eigenvalue weighted by Crippen LogP contribution is -2.24. The molecule has 0 atom stereocenters.